The molecule has 2 aromatic heterocycles. The second-order valence-corrected chi connectivity index (χ2v) is 4.33. The fraction of sp³-hybridized carbons (Fsp3) is 0.500. The highest BCUT2D eigenvalue weighted by atomic mass is 16.5. The van der Waals surface area contributed by atoms with Crippen molar-refractivity contribution in [1.29, 1.82) is 0 Å². The molecule has 0 aromatic carbocycles. The fourth-order valence-corrected chi connectivity index (χ4v) is 2.21. The number of ether oxygens (including phenoxy) is 1. The van der Waals surface area contributed by atoms with Crippen LogP contribution in [0.2, 0.25) is 0 Å². The highest BCUT2D eigenvalue weighted by Crippen LogP contribution is 2.30. The van der Waals surface area contributed by atoms with Crippen molar-refractivity contribution >= 4 is 0 Å². The molecule has 0 amide bonds. The minimum atomic E-state index is -0.0380. The Bertz CT molecular complexity index is 491. The van der Waals surface area contributed by atoms with E-state index in [9.17, 15) is 0 Å². The van der Waals surface area contributed by atoms with E-state index in [0.717, 1.165) is 36.7 Å². The Hall–Kier alpha value is -1.75. The number of hydrogen-bond donors (Lipinski definition) is 1. The van der Waals surface area contributed by atoms with E-state index < -0.39 is 0 Å². The van der Waals surface area contributed by atoms with Crippen LogP contribution >= 0.6 is 0 Å². The lowest BCUT2D eigenvalue weighted by Gasteiger charge is -2.18. The second-order valence-electron chi connectivity index (χ2n) is 4.33. The third-order valence-corrected chi connectivity index (χ3v) is 3.01. The molecule has 0 aliphatic heterocycles. The van der Waals surface area contributed by atoms with Gasteiger partial charge in [-0.1, -0.05) is 13.8 Å². The standard InChI is InChI=1S/C14H21N3O2/c1-4-8-17-14(12(18-3)10-16-17)13(15-5-2)11-7-6-9-19-11/h6-7,9-10,13,15H,4-5,8H2,1-3H3. The van der Waals surface area contributed by atoms with Crippen molar-refractivity contribution < 1.29 is 9.15 Å². The number of hydrogen-bond acceptors (Lipinski definition) is 4. The van der Waals surface area contributed by atoms with Gasteiger partial charge in [-0.2, -0.15) is 5.10 Å². The Morgan fingerprint density at radius 2 is 2.32 bits per heavy atom. The largest absolute Gasteiger partial charge is 0.493 e. The van der Waals surface area contributed by atoms with Crippen LogP contribution in [0.4, 0.5) is 0 Å². The molecule has 0 saturated heterocycles. The molecule has 0 aliphatic rings. The van der Waals surface area contributed by atoms with E-state index in [1.54, 1.807) is 19.6 Å². The van der Waals surface area contributed by atoms with Gasteiger partial charge in [0, 0.05) is 6.54 Å². The molecule has 0 radical (unpaired) electrons. The number of methoxy groups -OCH3 is 1. The van der Waals surface area contributed by atoms with Crippen LogP contribution in [0.5, 0.6) is 5.75 Å². The van der Waals surface area contributed by atoms with Crippen LogP contribution in [0, 0.1) is 0 Å². The third-order valence-electron chi connectivity index (χ3n) is 3.01. The predicted octanol–water partition coefficient (Wildman–Crippen LogP) is 2.59. The van der Waals surface area contributed by atoms with Crippen LogP contribution in [-0.4, -0.2) is 23.4 Å². The first-order chi connectivity index (χ1) is 9.31. The zero-order chi connectivity index (χ0) is 13.7. The quantitative estimate of drug-likeness (QED) is 0.834. The number of aryl methyl sites for hydroxylation is 1. The monoisotopic (exact) mass is 263 g/mol. The van der Waals surface area contributed by atoms with Gasteiger partial charge in [0.2, 0.25) is 0 Å². The zero-order valence-corrected chi connectivity index (χ0v) is 11.7. The molecule has 5 nitrogen and oxygen atoms in total. The Morgan fingerprint density at radius 3 is 2.89 bits per heavy atom. The van der Waals surface area contributed by atoms with Crippen molar-refractivity contribution in [2.24, 2.45) is 0 Å². The zero-order valence-electron chi connectivity index (χ0n) is 11.7. The van der Waals surface area contributed by atoms with Gasteiger partial charge in [0.25, 0.3) is 0 Å². The van der Waals surface area contributed by atoms with E-state index in [4.69, 9.17) is 9.15 Å². The normalized spacial score (nSPS) is 12.6. The van der Waals surface area contributed by atoms with Gasteiger partial charge in [0.1, 0.15) is 17.5 Å². The van der Waals surface area contributed by atoms with Crippen LogP contribution in [0.15, 0.2) is 29.0 Å². The number of aromatic nitrogens is 2. The summed E-state index contributed by atoms with van der Waals surface area (Å²) in [5.41, 5.74) is 1.01. The Balaban J connectivity index is 2.42. The molecule has 0 bridgehead atoms. The predicted molar refractivity (Wildman–Crippen MR) is 73.3 cm³/mol. The first kappa shape index (κ1) is 13.7. The average molecular weight is 263 g/mol. The summed E-state index contributed by atoms with van der Waals surface area (Å²) in [7, 11) is 1.67. The van der Waals surface area contributed by atoms with Crippen molar-refractivity contribution in [2.75, 3.05) is 13.7 Å². The molecule has 2 rings (SSSR count). The van der Waals surface area contributed by atoms with Gasteiger partial charge in [-0.15, -0.1) is 0 Å². The molecule has 0 aliphatic carbocycles. The minimum Gasteiger partial charge on any atom is -0.493 e. The molecule has 0 saturated carbocycles. The number of furan rings is 1. The van der Waals surface area contributed by atoms with Crippen LogP contribution in [-0.2, 0) is 6.54 Å². The molecule has 1 unspecified atom stereocenters. The van der Waals surface area contributed by atoms with Crippen LogP contribution in [0.3, 0.4) is 0 Å². The van der Waals surface area contributed by atoms with E-state index in [-0.39, 0.29) is 6.04 Å². The SMILES string of the molecule is CCCn1ncc(OC)c1C(NCC)c1ccco1. The second kappa shape index (κ2) is 6.43. The molecule has 19 heavy (non-hydrogen) atoms. The molecule has 1 N–H and O–H groups in total. The summed E-state index contributed by atoms with van der Waals surface area (Å²) >= 11 is 0. The first-order valence-electron chi connectivity index (χ1n) is 6.68. The molecule has 104 valence electrons. The van der Waals surface area contributed by atoms with Gasteiger partial charge in [-0.25, -0.2) is 0 Å². The van der Waals surface area contributed by atoms with E-state index >= 15 is 0 Å². The highest BCUT2D eigenvalue weighted by molar-refractivity contribution is 5.33. The van der Waals surface area contributed by atoms with E-state index in [1.807, 2.05) is 16.8 Å². The Labute approximate surface area is 113 Å². The fourth-order valence-electron chi connectivity index (χ4n) is 2.21. The van der Waals surface area contributed by atoms with Crippen molar-refractivity contribution in [3.05, 3.63) is 36.0 Å². The van der Waals surface area contributed by atoms with Gasteiger partial charge in [0.05, 0.1) is 19.6 Å². The van der Waals surface area contributed by atoms with Crippen molar-refractivity contribution in [3.63, 3.8) is 0 Å². The Morgan fingerprint density at radius 1 is 1.47 bits per heavy atom. The van der Waals surface area contributed by atoms with Crippen molar-refractivity contribution in [3.8, 4) is 5.75 Å². The molecular weight excluding hydrogens is 242 g/mol. The third kappa shape index (κ3) is 2.81. The molecule has 0 spiro atoms. The maximum atomic E-state index is 5.55. The molecule has 2 heterocycles. The first-order valence-corrected chi connectivity index (χ1v) is 6.68. The number of rotatable bonds is 7. The molecular formula is C14H21N3O2. The van der Waals surface area contributed by atoms with Gasteiger partial charge >= 0.3 is 0 Å². The summed E-state index contributed by atoms with van der Waals surface area (Å²) in [5, 5.41) is 7.83. The van der Waals surface area contributed by atoms with Crippen molar-refractivity contribution in [2.45, 2.75) is 32.9 Å². The smallest absolute Gasteiger partial charge is 0.162 e. The van der Waals surface area contributed by atoms with Crippen LogP contribution < -0.4 is 10.1 Å². The lowest BCUT2D eigenvalue weighted by Crippen LogP contribution is -2.25. The lowest BCUT2D eigenvalue weighted by molar-refractivity contribution is 0.383. The number of nitrogens with one attached hydrogen (secondary N) is 1. The van der Waals surface area contributed by atoms with Crippen LogP contribution in [0.25, 0.3) is 0 Å². The summed E-state index contributed by atoms with van der Waals surface area (Å²) in [6, 6.07) is 3.83. The maximum absolute atomic E-state index is 5.55. The number of nitrogens with zero attached hydrogens (tertiary/aromatic N) is 2. The highest BCUT2D eigenvalue weighted by Gasteiger charge is 2.24. The molecule has 5 heteroatoms. The summed E-state index contributed by atoms with van der Waals surface area (Å²) in [6.45, 7) is 5.91. The van der Waals surface area contributed by atoms with Gasteiger partial charge in [0.15, 0.2) is 5.75 Å². The van der Waals surface area contributed by atoms with E-state index in [1.165, 1.54) is 0 Å². The minimum absolute atomic E-state index is 0.0380. The van der Waals surface area contributed by atoms with Gasteiger partial charge < -0.3 is 14.5 Å². The summed E-state index contributed by atoms with van der Waals surface area (Å²) < 4.78 is 13.0. The van der Waals surface area contributed by atoms with E-state index in [0.29, 0.717) is 0 Å². The average Bonchev–Trinajstić information content (AvgIpc) is 3.06. The summed E-state index contributed by atoms with van der Waals surface area (Å²) in [5.74, 6) is 1.66. The molecule has 2 aromatic rings. The topological polar surface area (TPSA) is 52.2 Å². The summed E-state index contributed by atoms with van der Waals surface area (Å²) in [4.78, 5) is 0. The van der Waals surface area contributed by atoms with Crippen LogP contribution in [0.1, 0.15) is 37.8 Å². The lowest BCUT2D eigenvalue weighted by atomic mass is 10.1. The van der Waals surface area contributed by atoms with E-state index in [2.05, 4.69) is 24.3 Å². The Kier molecular flexibility index (Phi) is 4.63. The molecule has 1 atom stereocenters. The van der Waals surface area contributed by atoms with Gasteiger partial charge in [-0.3, -0.25) is 4.68 Å². The van der Waals surface area contributed by atoms with Crippen molar-refractivity contribution in [1.82, 2.24) is 15.1 Å². The summed E-state index contributed by atoms with van der Waals surface area (Å²) in [6.07, 6.45) is 4.47. The van der Waals surface area contributed by atoms with Gasteiger partial charge in [-0.05, 0) is 25.1 Å². The maximum Gasteiger partial charge on any atom is 0.162 e. The molecule has 0 fully saturated rings.